The van der Waals surface area contributed by atoms with Gasteiger partial charge in [-0.1, -0.05) is 22.9 Å². The smallest absolute Gasteiger partial charge is 0.282 e. The van der Waals surface area contributed by atoms with Crippen LogP contribution in [0.4, 0.5) is 10.8 Å². The summed E-state index contributed by atoms with van der Waals surface area (Å²) in [6.45, 7) is 1.03. The van der Waals surface area contributed by atoms with E-state index in [-0.39, 0.29) is 28.7 Å². The van der Waals surface area contributed by atoms with Crippen LogP contribution in [-0.2, 0) is 0 Å². The SMILES string of the molecule is COc1ccc(OC)c2sc(N(CCCN(C)C)C(=O)c3cc(Cl)ccc3[N+](=O)[O-])nc12.Cl. The molecule has 1 aromatic heterocycles. The number of anilines is 1. The highest BCUT2D eigenvalue weighted by Gasteiger charge is 2.29. The zero-order chi connectivity index (χ0) is 23.4. The Labute approximate surface area is 206 Å². The number of carbonyl (C=O) groups is 1. The quantitative estimate of drug-likeness (QED) is 0.296. The second-order valence-electron chi connectivity index (χ2n) is 7.18. The Bertz CT molecular complexity index is 1110. The van der Waals surface area contributed by atoms with Crippen LogP contribution < -0.4 is 14.4 Å². The molecular weight excluding hydrogens is 491 g/mol. The highest BCUT2D eigenvalue weighted by molar-refractivity contribution is 7.22. The minimum atomic E-state index is -0.591. The van der Waals surface area contributed by atoms with Crippen molar-refractivity contribution in [3.8, 4) is 11.5 Å². The van der Waals surface area contributed by atoms with Crippen LogP contribution in [0.1, 0.15) is 16.8 Å². The molecular formula is C21H24Cl2N4O5S. The molecule has 0 aliphatic heterocycles. The average molecular weight is 515 g/mol. The number of thiazole rings is 1. The van der Waals surface area contributed by atoms with Gasteiger partial charge >= 0.3 is 0 Å². The summed E-state index contributed by atoms with van der Waals surface area (Å²) in [6, 6.07) is 7.45. The number of halogens is 2. The van der Waals surface area contributed by atoms with E-state index in [9.17, 15) is 14.9 Å². The first-order valence-electron chi connectivity index (χ1n) is 9.68. The summed E-state index contributed by atoms with van der Waals surface area (Å²) >= 11 is 7.32. The van der Waals surface area contributed by atoms with E-state index in [2.05, 4.69) is 4.98 Å². The Hall–Kier alpha value is -2.66. The number of hydrogen-bond donors (Lipinski definition) is 0. The molecule has 0 unspecified atom stereocenters. The van der Waals surface area contributed by atoms with E-state index in [1.165, 1.54) is 41.5 Å². The Balaban J connectivity index is 0.00000385. The zero-order valence-electron chi connectivity index (χ0n) is 18.5. The van der Waals surface area contributed by atoms with Crippen molar-refractivity contribution in [1.82, 2.24) is 9.88 Å². The van der Waals surface area contributed by atoms with Crippen LogP contribution in [0.15, 0.2) is 30.3 Å². The number of nitro groups is 1. The van der Waals surface area contributed by atoms with Crippen molar-refractivity contribution in [2.24, 2.45) is 0 Å². The van der Waals surface area contributed by atoms with E-state index >= 15 is 0 Å². The van der Waals surface area contributed by atoms with Crippen molar-refractivity contribution in [1.29, 1.82) is 0 Å². The first kappa shape index (κ1) is 26.6. The van der Waals surface area contributed by atoms with Crippen LogP contribution >= 0.6 is 35.3 Å². The molecule has 3 rings (SSSR count). The fourth-order valence-electron chi connectivity index (χ4n) is 3.20. The van der Waals surface area contributed by atoms with Gasteiger partial charge in [0.2, 0.25) is 0 Å². The molecule has 0 spiro atoms. The minimum Gasteiger partial charge on any atom is -0.495 e. The van der Waals surface area contributed by atoms with E-state index in [0.29, 0.717) is 39.8 Å². The van der Waals surface area contributed by atoms with E-state index in [1.807, 2.05) is 19.0 Å². The highest BCUT2D eigenvalue weighted by atomic mass is 35.5. The highest BCUT2D eigenvalue weighted by Crippen LogP contribution is 2.40. The number of rotatable bonds is 9. The van der Waals surface area contributed by atoms with E-state index < -0.39 is 10.8 Å². The van der Waals surface area contributed by atoms with Gasteiger partial charge in [-0.3, -0.25) is 19.8 Å². The topological polar surface area (TPSA) is 98.0 Å². The molecule has 2 aromatic carbocycles. The molecule has 178 valence electrons. The van der Waals surface area contributed by atoms with Gasteiger partial charge in [-0.15, -0.1) is 12.4 Å². The number of aromatic nitrogens is 1. The van der Waals surface area contributed by atoms with Crippen molar-refractivity contribution in [3.63, 3.8) is 0 Å². The maximum Gasteiger partial charge on any atom is 0.282 e. The molecule has 1 heterocycles. The Morgan fingerprint density at radius 3 is 2.42 bits per heavy atom. The maximum atomic E-state index is 13.5. The third-order valence-corrected chi connectivity index (χ3v) is 6.08. The molecule has 9 nitrogen and oxygen atoms in total. The summed E-state index contributed by atoms with van der Waals surface area (Å²) in [6.07, 6.45) is 0.636. The van der Waals surface area contributed by atoms with Gasteiger partial charge in [0, 0.05) is 17.6 Å². The maximum absolute atomic E-state index is 13.5. The molecule has 0 bridgehead atoms. The second-order valence-corrected chi connectivity index (χ2v) is 8.59. The Kier molecular flexibility index (Phi) is 9.24. The fourth-order valence-corrected chi connectivity index (χ4v) is 4.47. The van der Waals surface area contributed by atoms with Crippen molar-refractivity contribution in [2.45, 2.75) is 6.42 Å². The number of methoxy groups -OCH3 is 2. The molecule has 0 aliphatic carbocycles. The number of carbonyl (C=O) groups excluding carboxylic acids is 1. The third-order valence-electron chi connectivity index (χ3n) is 4.75. The van der Waals surface area contributed by atoms with Crippen LogP contribution in [0.5, 0.6) is 11.5 Å². The summed E-state index contributed by atoms with van der Waals surface area (Å²) < 4.78 is 11.6. The molecule has 0 atom stereocenters. The third kappa shape index (κ3) is 5.83. The molecule has 0 N–H and O–H groups in total. The largest absolute Gasteiger partial charge is 0.495 e. The molecule has 33 heavy (non-hydrogen) atoms. The van der Waals surface area contributed by atoms with Crippen LogP contribution in [0.2, 0.25) is 5.02 Å². The number of hydrogen-bond acceptors (Lipinski definition) is 8. The molecule has 0 saturated carbocycles. The van der Waals surface area contributed by atoms with Gasteiger partial charge in [0.05, 0.1) is 19.1 Å². The van der Waals surface area contributed by atoms with Crippen LogP contribution in [-0.4, -0.2) is 62.1 Å². The predicted molar refractivity (Wildman–Crippen MR) is 133 cm³/mol. The predicted octanol–water partition coefficient (Wildman–Crippen LogP) is 4.90. The van der Waals surface area contributed by atoms with Crippen LogP contribution in [0, 0.1) is 10.1 Å². The zero-order valence-corrected chi connectivity index (χ0v) is 20.9. The summed E-state index contributed by atoms with van der Waals surface area (Å²) in [5.74, 6) is 0.589. The number of benzene rings is 2. The van der Waals surface area contributed by atoms with Crippen molar-refractivity contribution in [2.75, 3.05) is 46.3 Å². The first-order chi connectivity index (χ1) is 15.3. The lowest BCUT2D eigenvalue weighted by Crippen LogP contribution is -2.33. The van der Waals surface area contributed by atoms with Gasteiger partial charge in [0.1, 0.15) is 27.3 Å². The van der Waals surface area contributed by atoms with Gasteiger partial charge in [-0.05, 0) is 51.3 Å². The molecule has 3 aromatic rings. The summed E-state index contributed by atoms with van der Waals surface area (Å²) in [4.78, 5) is 32.6. The molecule has 12 heteroatoms. The summed E-state index contributed by atoms with van der Waals surface area (Å²) in [5.41, 5.74) is 0.150. The van der Waals surface area contributed by atoms with Gasteiger partial charge in [-0.25, -0.2) is 4.98 Å². The summed E-state index contributed by atoms with van der Waals surface area (Å²) in [5, 5.41) is 12.2. The Morgan fingerprint density at radius 1 is 1.15 bits per heavy atom. The van der Waals surface area contributed by atoms with E-state index in [0.717, 1.165) is 6.54 Å². The standard InChI is InChI=1S/C21H23ClN4O5S.ClH/c1-24(2)10-5-11-25(20(27)14-12-13(22)6-7-15(14)26(28)29)21-23-18-16(30-3)8-9-17(31-4)19(18)32-21;/h6-9,12H,5,10-11H2,1-4H3;1H. The molecule has 0 fully saturated rings. The minimum absolute atomic E-state index is 0. The van der Waals surface area contributed by atoms with Gasteiger partial charge in [-0.2, -0.15) is 0 Å². The van der Waals surface area contributed by atoms with E-state index in [1.54, 1.807) is 19.2 Å². The number of fused-ring (bicyclic) bond motifs is 1. The number of amides is 1. The monoisotopic (exact) mass is 514 g/mol. The number of nitrogens with zero attached hydrogens (tertiary/aromatic N) is 4. The molecule has 1 amide bonds. The average Bonchev–Trinajstić information content (AvgIpc) is 3.20. The molecule has 0 aliphatic rings. The van der Waals surface area contributed by atoms with E-state index in [4.69, 9.17) is 21.1 Å². The lowest BCUT2D eigenvalue weighted by molar-refractivity contribution is -0.385. The number of nitro benzene ring substituents is 1. The van der Waals surface area contributed by atoms with Crippen LogP contribution in [0.3, 0.4) is 0 Å². The van der Waals surface area contributed by atoms with Gasteiger partial charge < -0.3 is 14.4 Å². The van der Waals surface area contributed by atoms with Crippen molar-refractivity contribution < 1.29 is 19.2 Å². The second kappa shape index (κ2) is 11.5. The Morgan fingerprint density at radius 2 is 1.82 bits per heavy atom. The van der Waals surface area contributed by atoms with Crippen LogP contribution in [0.25, 0.3) is 10.2 Å². The lowest BCUT2D eigenvalue weighted by Gasteiger charge is -2.21. The molecule has 0 radical (unpaired) electrons. The van der Waals surface area contributed by atoms with Crippen molar-refractivity contribution >= 4 is 62.3 Å². The lowest BCUT2D eigenvalue weighted by atomic mass is 10.1. The fraction of sp³-hybridized carbons (Fsp3) is 0.333. The summed E-state index contributed by atoms with van der Waals surface area (Å²) in [7, 11) is 6.95. The van der Waals surface area contributed by atoms with Crippen molar-refractivity contribution in [3.05, 3.63) is 51.0 Å². The number of ether oxygens (including phenoxy) is 2. The first-order valence-corrected chi connectivity index (χ1v) is 10.9. The van der Waals surface area contributed by atoms with Gasteiger partial charge in [0.15, 0.2) is 5.13 Å². The molecule has 0 saturated heterocycles. The normalized spacial score (nSPS) is 10.7. The van der Waals surface area contributed by atoms with Gasteiger partial charge in [0.25, 0.3) is 11.6 Å².